The maximum Gasteiger partial charge on any atom is 0.257 e. The quantitative estimate of drug-likeness (QED) is 0.667. The molecule has 100 valence electrons. The number of hydrogen-bond donors (Lipinski definition) is 3. The molecule has 0 bridgehead atoms. The van der Waals surface area contributed by atoms with Gasteiger partial charge in [-0.25, -0.2) is 4.98 Å². The van der Waals surface area contributed by atoms with Crippen LogP contribution in [0.5, 0.6) is 5.75 Å². The summed E-state index contributed by atoms with van der Waals surface area (Å²) in [5.74, 6) is 0.422. The van der Waals surface area contributed by atoms with E-state index in [9.17, 15) is 4.79 Å². The first-order valence-corrected chi connectivity index (χ1v) is 5.96. The van der Waals surface area contributed by atoms with Crippen molar-refractivity contribution in [2.75, 3.05) is 18.9 Å². The van der Waals surface area contributed by atoms with Gasteiger partial charge >= 0.3 is 0 Å². The van der Waals surface area contributed by atoms with Gasteiger partial charge in [-0.2, -0.15) is 0 Å². The highest BCUT2D eigenvalue weighted by Crippen LogP contribution is 2.13. The number of carbonyl (C=O) groups excluding carboxylic acids is 1. The van der Waals surface area contributed by atoms with Gasteiger partial charge in [0, 0.05) is 36.6 Å². The lowest BCUT2D eigenvalue weighted by molar-refractivity contribution is -0.123. The number of ether oxygens (including phenoxy) is 1. The molecule has 0 saturated heterocycles. The van der Waals surface area contributed by atoms with E-state index in [1.807, 2.05) is 0 Å². The van der Waals surface area contributed by atoms with E-state index < -0.39 is 0 Å². The first kappa shape index (κ1) is 12.9. The zero-order valence-corrected chi connectivity index (χ0v) is 10.4. The molecule has 0 unspecified atom stereocenters. The van der Waals surface area contributed by atoms with Crippen molar-refractivity contribution in [3.63, 3.8) is 0 Å². The summed E-state index contributed by atoms with van der Waals surface area (Å²) in [6, 6.07) is 6.98. The molecule has 1 heterocycles. The molecule has 1 amide bonds. The van der Waals surface area contributed by atoms with Crippen LogP contribution in [0.4, 0.5) is 5.69 Å². The number of imidazole rings is 1. The highest BCUT2D eigenvalue weighted by molar-refractivity contribution is 5.77. The second-order valence-corrected chi connectivity index (χ2v) is 4.04. The minimum atomic E-state index is -0.165. The first-order chi connectivity index (χ1) is 9.24. The monoisotopic (exact) mass is 260 g/mol. The number of nitrogens with zero attached hydrogens (tertiary/aromatic N) is 1. The second-order valence-electron chi connectivity index (χ2n) is 4.04. The van der Waals surface area contributed by atoms with Crippen molar-refractivity contribution in [3.8, 4) is 5.75 Å². The van der Waals surface area contributed by atoms with Gasteiger partial charge in [-0.15, -0.1) is 0 Å². The van der Waals surface area contributed by atoms with Crippen molar-refractivity contribution in [2.24, 2.45) is 0 Å². The SMILES string of the molecule is Nc1cccc(OCC(=O)NCCc2cnc[nH]2)c1. The van der Waals surface area contributed by atoms with Gasteiger partial charge in [0.05, 0.1) is 6.33 Å². The number of aromatic amines is 1. The number of amides is 1. The zero-order valence-electron chi connectivity index (χ0n) is 10.4. The summed E-state index contributed by atoms with van der Waals surface area (Å²) in [5.41, 5.74) is 7.20. The average molecular weight is 260 g/mol. The number of H-pyrrole nitrogens is 1. The first-order valence-electron chi connectivity index (χ1n) is 5.96. The topological polar surface area (TPSA) is 93.0 Å². The standard InChI is InChI=1S/C13H16N4O2/c14-10-2-1-3-12(6-10)19-8-13(18)16-5-4-11-7-15-9-17-11/h1-3,6-7,9H,4-5,8,14H2,(H,15,17)(H,16,18). The van der Waals surface area contributed by atoms with E-state index in [2.05, 4.69) is 15.3 Å². The maximum atomic E-state index is 11.5. The molecular formula is C13H16N4O2. The third kappa shape index (κ3) is 4.34. The lowest BCUT2D eigenvalue weighted by atomic mass is 10.3. The van der Waals surface area contributed by atoms with E-state index >= 15 is 0 Å². The molecule has 0 spiro atoms. The summed E-state index contributed by atoms with van der Waals surface area (Å²) < 4.78 is 5.32. The maximum absolute atomic E-state index is 11.5. The van der Waals surface area contributed by atoms with Crippen molar-refractivity contribution in [2.45, 2.75) is 6.42 Å². The summed E-state index contributed by atoms with van der Waals surface area (Å²) in [6.07, 6.45) is 4.06. The summed E-state index contributed by atoms with van der Waals surface area (Å²) in [4.78, 5) is 18.4. The Morgan fingerprint density at radius 1 is 1.47 bits per heavy atom. The molecular weight excluding hydrogens is 244 g/mol. The number of anilines is 1. The van der Waals surface area contributed by atoms with Gasteiger partial charge in [0.1, 0.15) is 5.75 Å². The van der Waals surface area contributed by atoms with Crippen LogP contribution >= 0.6 is 0 Å². The van der Waals surface area contributed by atoms with Gasteiger partial charge in [0.2, 0.25) is 0 Å². The summed E-state index contributed by atoms with van der Waals surface area (Å²) >= 11 is 0. The molecule has 0 fully saturated rings. The molecule has 2 aromatic rings. The summed E-state index contributed by atoms with van der Waals surface area (Å²) in [7, 11) is 0. The van der Waals surface area contributed by atoms with Gasteiger partial charge in [0.15, 0.2) is 6.61 Å². The van der Waals surface area contributed by atoms with Gasteiger partial charge < -0.3 is 20.8 Å². The largest absolute Gasteiger partial charge is 0.484 e. The van der Waals surface area contributed by atoms with Crippen molar-refractivity contribution in [3.05, 3.63) is 42.5 Å². The van der Waals surface area contributed by atoms with Crippen molar-refractivity contribution in [1.29, 1.82) is 0 Å². The molecule has 0 atom stereocenters. The van der Waals surface area contributed by atoms with Crippen molar-refractivity contribution < 1.29 is 9.53 Å². The van der Waals surface area contributed by atoms with Crippen LogP contribution in [0.3, 0.4) is 0 Å². The van der Waals surface area contributed by atoms with E-state index in [4.69, 9.17) is 10.5 Å². The van der Waals surface area contributed by atoms with Crippen LogP contribution < -0.4 is 15.8 Å². The Hall–Kier alpha value is -2.50. The van der Waals surface area contributed by atoms with Gasteiger partial charge in [-0.1, -0.05) is 6.07 Å². The number of nitrogens with two attached hydrogens (primary N) is 1. The van der Waals surface area contributed by atoms with E-state index in [0.29, 0.717) is 24.4 Å². The number of rotatable bonds is 6. The summed E-state index contributed by atoms with van der Waals surface area (Å²) in [6.45, 7) is 0.522. The van der Waals surface area contributed by atoms with Crippen LogP contribution in [0.15, 0.2) is 36.8 Å². The van der Waals surface area contributed by atoms with Gasteiger partial charge in [-0.3, -0.25) is 4.79 Å². The molecule has 19 heavy (non-hydrogen) atoms. The van der Waals surface area contributed by atoms with E-state index in [-0.39, 0.29) is 12.5 Å². The fourth-order valence-corrected chi connectivity index (χ4v) is 1.56. The zero-order chi connectivity index (χ0) is 13.5. The lowest BCUT2D eigenvalue weighted by Crippen LogP contribution is -2.30. The Bertz CT molecular complexity index is 525. The third-order valence-electron chi connectivity index (χ3n) is 2.50. The minimum absolute atomic E-state index is 0.0214. The minimum Gasteiger partial charge on any atom is -0.484 e. The summed E-state index contributed by atoms with van der Waals surface area (Å²) in [5, 5.41) is 2.76. The van der Waals surface area contributed by atoms with Crippen LogP contribution in [0.25, 0.3) is 0 Å². The molecule has 6 heteroatoms. The normalized spacial score (nSPS) is 10.1. The number of benzene rings is 1. The Balaban J connectivity index is 1.67. The molecule has 0 aliphatic rings. The predicted octanol–water partition coefficient (Wildman–Crippen LogP) is 0.730. The fourth-order valence-electron chi connectivity index (χ4n) is 1.56. The lowest BCUT2D eigenvalue weighted by Gasteiger charge is -2.07. The molecule has 1 aromatic heterocycles. The molecule has 0 aliphatic carbocycles. The van der Waals surface area contributed by atoms with E-state index in [1.54, 1.807) is 36.8 Å². The Kier molecular flexibility index (Phi) is 4.39. The number of hydrogen-bond acceptors (Lipinski definition) is 4. The van der Waals surface area contributed by atoms with Crippen LogP contribution in [0, 0.1) is 0 Å². The van der Waals surface area contributed by atoms with E-state index in [1.165, 1.54) is 0 Å². The molecule has 0 saturated carbocycles. The third-order valence-corrected chi connectivity index (χ3v) is 2.50. The molecule has 2 rings (SSSR count). The number of aromatic nitrogens is 2. The average Bonchev–Trinajstić information content (AvgIpc) is 2.90. The van der Waals surface area contributed by atoms with Crippen LogP contribution in [-0.4, -0.2) is 29.0 Å². The Morgan fingerprint density at radius 3 is 3.11 bits per heavy atom. The number of carbonyl (C=O) groups is 1. The Morgan fingerprint density at radius 2 is 2.37 bits per heavy atom. The molecule has 0 radical (unpaired) electrons. The predicted molar refractivity (Wildman–Crippen MR) is 71.7 cm³/mol. The molecule has 4 N–H and O–H groups in total. The highest BCUT2D eigenvalue weighted by Gasteiger charge is 2.03. The van der Waals surface area contributed by atoms with Crippen LogP contribution in [-0.2, 0) is 11.2 Å². The Labute approximate surface area is 111 Å². The van der Waals surface area contributed by atoms with Gasteiger partial charge in [0.25, 0.3) is 5.91 Å². The molecule has 1 aromatic carbocycles. The second kappa shape index (κ2) is 6.44. The number of nitrogen functional groups attached to an aromatic ring is 1. The van der Waals surface area contributed by atoms with Crippen LogP contribution in [0.1, 0.15) is 5.69 Å². The molecule has 6 nitrogen and oxygen atoms in total. The van der Waals surface area contributed by atoms with E-state index in [0.717, 1.165) is 5.69 Å². The van der Waals surface area contributed by atoms with Crippen molar-refractivity contribution >= 4 is 11.6 Å². The number of nitrogens with one attached hydrogen (secondary N) is 2. The fraction of sp³-hybridized carbons (Fsp3) is 0.231. The molecule has 0 aliphatic heterocycles. The smallest absolute Gasteiger partial charge is 0.257 e. The van der Waals surface area contributed by atoms with Gasteiger partial charge in [-0.05, 0) is 12.1 Å². The van der Waals surface area contributed by atoms with Crippen molar-refractivity contribution in [1.82, 2.24) is 15.3 Å². The highest BCUT2D eigenvalue weighted by atomic mass is 16.5. The van der Waals surface area contributed by atoms with Crippen LogP contribution in [0.2, 0.25) is 0 Å².